The first kappa shape index (κ1) is 21.8. The molecule has 0 aliphatic carbocycles. The molecular formula is C13H16ClFN5O8P. The largest absolute Gasteiger partial charge is 0.467 e. The van der Waals surface area contributed by atoms with Gasteiger partial charge in [0.25, 0.3) is 5.85 Å². The number of aliphatic hydroxyl groups excluding tert-OH is 1. The molecule has 2 aromatic heterocycles. The van der Waals surface area contributed by atoms with Crippen molar-refractivity contribution in [2.24, 2.45) is 0 Å². The van der Waals surface area contributed by atoms with Crippen molar-refractivity contribution in [3.63, 3.8) is 0 Å². The van der Waals surface area contributed by atoms with Crippen LogP contribution in [0.25, 0.3) is 11.2 Å². The van der Waals surface area contributed by atoms with Crippen molar-refractivity contribution in [2.75, 3.05) is 19.5 Å². The van der Waals surface area contributed by atoms with Crippen LogP contribution >= 0.6 is 19.2 Å². The molecule has 29 heavy (non-hydrogen) atoms. The fraction of sp³-hybridized carbons (Fsp3) is 0.538. The monoisotopic (exact) mass is 455 g/mol. The number of esters is 1. The number of aromatic nitrogens is 4. The molecule has 5 N–H and O–H groups in total. The molecule has 0 aromatic carbocycles. The maximum absolute atomic E-state index is 14.7. The van der Waals surface area contributed by atoms with Gasteiger partial charge in [-0.05, 0) is 11.6 Å². The van der Waals surface area contributed by atoms with Crippen molar-refractivity contribution in [3.05, 3.63) is 11.6 Å². The van der Waals surface area contributed by atoms with Gasteiger partial charge in [0.15, 0.2) is 23.9 Å². The summed E-state index contributed by atoms with van der Waals surface area (Å²) < 4.78 is 41.8. The van der Waals surface area contributed by atoms with E-state index in [1.54, 1.807) is 0 Å². The van der Waals surface area contributed by atoms with Gasteiger partial charge in [-0.3, -0.25) is 9.13 Å². The van der Waals surface area contributed by atoms with Crippen LogP contribution in [0, 0.1) is 0 Å². The number of methoxy groups -OCH3 is 1. The number of nitrogens with zero attached hydrogens (tertiary/aromatic N) is 4. The number of fused-ring (bicyclic) bond motifs is 1. The number of anilines is 1. The molecule has 0 amide bonds. The minimum atomic E-state index is -5.04. The Hall–Kier alpha value is -1.93. The number of carbonyl (C=O) groups is 1. The van der Waals surface area contributed by atoms with Crippen molar-refractivity contribution in [1.82, 2.24) is 19.5 Å². The summed E-state index contributed by atoms with van der Waals surface area (Å²) >= 11 is 5.76. The van der Waals surface area contributed by atoms with Crippen LogP contribution in [0.3, 0.4) is 0 Å². The van der Waals surface area contributed by atoms with Crippen LogP contribution in [0.15, 0.2) is 6.33 Å². The second kappa shape index (κ2) is 8.07. The average Bonchev–Trinajstić information content (AvgIpc) is 3.16. The molecule has 0 spiro atoms. The number of carbonyl (C=O) groups excluding carboxylic acids is 1. The Morgan fingerprint density at radius 2 is 2.21 bits per heavy atom. The van der Waals surface area contributed by atoms with Gasteiger partial charge in [-0.2, -0.15) is 9.97 Å². The van der Waals surface area contributed by atoms with Crippen LogP contribution in [0.1, 0.15) is 6.23 Å². The topological polar surface area (TPSA) is 192 Å². The quantitative estimate of drug-likeness (QED) is 0.245. The van der Waals surface area contributed by atoms with Gasteiger partial charge < -0.3 is 34.8 Å². The first-order valence-corrected chi connectivity index (χ1v) is 9.98. The van der Waals surface area contributed by atoms with E-state index in [0.29, 0.717) is 0 Å². The van der Waals surface area contributed by atoms with E-state index in [1.165, 1.54) is 0 Å². The lowest BCUT2D eigenvalue weighted by Crippen LogP contribution is -2.35. The summed E-state index contributed by atoms with van der Waals surface area (Å²) in [5.74, 6) is -3.63. The highest BCUT2D eigenvalue weighted by molar-refractivity contribution is 7.53. The van der Waals surface area contributed by atoms with E-state index in [0.717, 1.165) is 18.0 Å². The number of alkyl halides is 1. The summed E-state index contributed by atoms with van der Waals surface area (Å²) in [6.07, 6.45) is -5.39. The third-order valence-corrected chi connectivity index (χ3v) is 5.26. The van der Waals surface area contributed by atoms with Gasteiger partial charge in [-0.15, -0.1) is 0 Å². The smallest absolute Gasteiger partial charge is 0.365 e. The van der Waals surface area contributed by atoms with Gasteiger partial charge in [-0.25, -0.2) is 14.2 Å². The van der Waals surface area contributed by atoms with Crippen LogP contribution in [-0.4, -0.2) is 78.3 Å². The molecule has 13 nitrogen and oxygen atoms in total. The molecule has 1 aliphatic heterocycles. The van der Waals surface area contributed by atoms with Gasteiger partial charge in [0.05, 0.1) is 20.0 Å². The number of halogens is 2. The summed E-state index contributed by atoms with van der Waals surface area (Å²) in [6.45, 7) is -0.715. The van der Waals surface area contributed by atoms with E-state index in [1.807, 2.05) is 0 Å². The molecule has 0 radical (unpaired) electrons. The van der Waals surface area contributed by atoms with Gasteiger partial charge in [0.1, 0.15) is 17.7 Å². The third kappa shape index (κ3) is 4.19. The number of ether oxygens (including phenoxy) is 3. The Kier molecular flexibility index (Phi) is 6.06. The van der Waals surface area contributed by atoms with Gasteiger partial charge in [-0.1, -0.05) is 0 Å². The molecule has 2 unspecified atom stereocenters. The number of hydrogen-bond donors (Lipinski definition) is 4. The highest BCUT2D eigenvalue weighted by atomic mass is 35.5. The summed E-state index contributed by atoms with van der Waals surface area (Å²) in [5.41, 5.74) is 5.87. The summed E-state index contributed by atoms with van der Waals surface area (Å²) in [4.78, 5) is 41.5. The number of nitrogens with two attached hydrogens (primary N) is 1. The van der Waals surface area contributed by atoms with E-state index in [4.69, 9.17) is 26.8 Å². The van der Waals surface area contributed by atoms with Crippen molar-refractivity contribution >= 4 is 42.1 Å². The van der Waals surface area contributed by atoms with Gasteiger partial charge >= 0.3 is 13.6 Å². The molecule has 2 aromatic rings. The number of hydrogen-bond acceptors (Lipinski definition) is 10. The normalized spacial score (nSPS) is 26.0. The van der Waals surface area contributed by atoms with E-state index in [2.05, 4.69) is 19.7 Å². The zero-order valence-corrected chi connectivity index (χ0v) is 16.3. The van der Waals surface area contributed by atoms with Crippen LogP contribution in [-0.2, 0) is 23.6 Å². The van der Waals surface area contributed by atoms with E-state index in [-0.39, 0.29) is 22.3 Å². The molecule has 1 fully saturated rings. The Morgan fingerprint density at radius 3 is 2.83 bits per heavy atom. The summed E-state index contributed by atoms with van der Waals surface area (Å²) in [7, 11) is -4.13. The fourth-order valence-electron chi connectivity index (χ4n) is 2.75. The van der Waals surface area contributed by atoms with E-state index >= 15 is 0 Å². The number of nitrogen functional groups attached to an aromatic ring is 1. The number of rotatable bonds is 6. The van der Waals surface area contributed by atoms with Crippen molar-refractivity contribution < 1.29 is 42.9 Å². The zero-order chi connectivity index (χ0) is 21.5. The SMILES string of the molecule is COC(=O)C(OC[C@H]1OC(n2cnc3c(N)nc(Cl)nc32)[C@@H](F)[C@@H]1O)P(=O)(O)O. The maximum atomic E-state index is 14.7. The highest BCUT2D eigenvalue weighted by Crippen LogP contribution is 2.43. The minimum Gasteiger partial charge on any atom is -0.467 e. The Bertz CT molecular complexity index is 972. The molecule has 5 atom stereocenters. The maximum Gasteiger partial charge on any atom is 0.365 e. The third-order valence-electron chi connectivity index (χ3n) is 4.12. The molecule has 0 bridgehead atoms. The molecule has 16 heteroatoms. The highest BCUT2D eigenvalue weighted by Gasteiger charge is 2.47. The molecule has 1 saturated heterocycles. The van der Waals surface area contributed by atoms with Crippen LogP contribution in [0.2, 0.25) is 5.28 Å². The van der Waals surface area contributed by atoms with E-state index < -0.39 is 50.6 Å². The predicted molar refractivity (Wildman–Crippen MR) is 93.4 cm³/mol. The molecule has 3 rings (SSSR count). The summed E-state index contributed by atoms with van der Waals surface area (Å²) in [5, 5.41) is 9.90. The van der Waals surface area contributed by atoms with Crippen molar-refractivity contribution in [3.8, 4) is 0 Å². The first-order chi connectivity index (χ1) is 13.5. The standard InChI is InChI=1S/C13H16ClFN5O8P/c1-26-11(22)12(29(23,24)25)27-2-4-7(21)5(15)10(28-4)20-3-17-6-8(16)18-13(14)19-9(6)20/h3-5,7,10,12,21H,2H2,1H3,(H2,16,18,19)(H2,23,24,25)/t4-,5+,7-,10?,12?/m1/s1. The van der Waals surface area contributed by atoms with E-state index in [9.17, 15) is 28.6 Å². The summed E-state index contributed by atoms with van der Waals surface area (Å²) in [6, 6.07) is 0. The van der Waals surface area contributed by atoms with Crippen LogP contribution in [0.5, 0.6) is 0 Å². The first-order valence-electron chi connectivity index (χ1n) is 7.92. The second-order valence-corrected chi connectivity index (χ2v) is 7.99. The predicted octanol–water partition coefficient (Wildman–Crippen LogP) is -0.648. The Morgan fingerprint density at radius 1 is 1.52 bits per heavy atom. The molecular weight excluding hydrogens is 440 g/mol. The average molecular weight is 456 g/mol. The van der Waals surface area contributed by atoms with Gasteiger partial charge in [0, 0.05) is 0 Å². The molecule has 0 saturated carbocycles. The lowest BCUT2D eigenvalue weighted by Gasteiger charge is -2.20. The Labute approximate surface area is 166 Å². The zero-order valence-electron chi connectivity index (χ0n) is 14.6. The molecule has 3 heterocycles. The second-order valence-electron chi connectivity index (χ2n) is 6.00. The lowest BCUT2D eigenvalue weighted by molar-refractivity contribution is -0.152. The van der Waals surface area contributed by atoms with Crippen molar-refractivity contribution in [2.45, 2.75) is 30.5 Å². The van der Waals surface area contributed by atoms with Gasteiger partial charge in [0.2, 0.25) is 5.28 Å². The minimum absolute atomic E-state index is 0.0462. The number of imidazole rings is 1. The van der Waals surface area contributed by atoms with Crippen LogP contribution in [0.4, 0.5) is 10.2 Å². The van der Waals surface area contributed by atoms with Crippen LogP contribution < -0.4 is 5.73 Å². The van der Waals surface area contributed by atoms with Crippen molar-refractivity contribution in [1.29, 1.82) is 0 Å². The lowest BCUT2D eigenvalue weighted by atomic mass is 10.1. The fourth-order valence-corrected chi connectivity index (χ4v) is 3.58. The Balaban J connectivity index is 1.81. The number of aliphatic hydroxyl groups is 1. The molecule has 1 aliphatic rings. The molecule has 160 valence electrons.